The maximum absolute atomic E-state index is 13.0. The molecule has 0 bridgehead atoms. The summed E-state index contributed by atoms with van der Waals surface area (Å²) in [6, 6.07) is 14.0. The second-order valence-corrected chi connectivity index (χ2v) is 10.4. The summed E-state index contributed by atoms with van der Waals surface area (Å²) in [5, 5.41) is 6.84. The maximum atomic E-state index is 13.0. The van der Waals surface area contributed by atoms with Crippen LogP contribution in [0.4, 0.5) is 0 Å². The van der Waals surface area contributed by atoms with Gasteiger partial charge in [-0.3, -0.25) is 9.48 Å². The van der Waals surface area contributed by atoms with Crippen LogP contribution in [-0.2, 0) is 27.6 Å². The fraction of sp³-hybridized carbons (Fsp3) is 0.391. The number of hydrogen-bond acceptors (Lipinski definition) is 4. The summed E-state index contributed by atoms with van der Waals surface area (Å²) >= 11 is 0. The van der Waals surface area contributed by atoms with Crippen LogP contribution in [0, 0.1) is 13.8 Å². The Morgan fingerprint density at radius 1 is 1.17 bits per heavy atom. The monoisotopic (exact) mass is 425 g/mol. The Kier molecular flexibility index (Phi) is 5.40. The summed E-state index contributed by atoms with van der Waals surface area (Å²) in [5.74, 6) is 0.403. The molecule has 1 aliphatic rings. The van der Waals surface area contributed by atoms with Crippen LogP contribution in [0.3, 0.4) is 0 Å². The van der Waals surface area contributed by atoms with E-state index in [4.69, 9.17) is 0 Å². The van der Waals surface area contributed by atoms with Crippen molar-refractivity contribution in [3.05, 3.63) is 65.0 Å². The molecule has 6 nitrogen and oxygen atoms in total. The lowest BCUT2D eigenvalue weighted by Gasteiger charge is -2.19. The van der Waals surface area contributed by atoms with E-state index in [0.717, 1.165) is 33.3 Å². The first-order valence-corrected chi connectivity index (χ1v) is 12.0. The summed E-state index contributed by atoms with van der Waals surface area (Å²) in [7, 11) is -1.17. The van der Waals surface area contributed by atoms with Crippen LogP contribution in [0.5, 0.6) is 0 Å². The van der Waals surface area contributed by atoms with Gasteiger partial charge in [0.1, 0.15) is 0 Å². The lowest BCUT2D eigenvalue weighted by molar-refractivity contribution is -0.129. The number of hydrogen-bond donors (Lipinski definition) is 0. The van der Waals surface area contributed by atoms with Crippen LogP contribution in [0.2, 0.25) is 0 Å². The quantitative estimate of drug-likeness (QED) is 0.629. The van der Waals surface area contributed by atoms with Crippen molar-refractivity contribution < 1.29 is 13.2 Å². The van der Waals surface area contributed by atoms with E-state index in [0.29, 0.717) is 19.4 Å². The molecule has 2 aromatic carbocycles. The Hall–Kier alpha value is -2.67. The number of likely N-dealkylation sites (N-methyl/N-ethyl adjacent to an activating group) is 1. The highest BCUT2D eigenvalue weighted by Gasteiger charge is 2.31. The second kappa shape index (κ2) is 7.87. The normalized spacial score (nSPS) is 18.0. The largest absolute Gasteiger partial charge is 0.341 e. The third-order valence-electron chi connectivity index (χ3n) is 6.07. The number of sulfone groups is 1. The summed E-state index contributed by atoms with van der Waals surface area (Å²) in [5.41, 5.74) is 3.80. The molecule has 158 valence electrons. The number of carbonyl (C=O) groups is 1. The first kappa shape index (κ1) is 20.6. The van der Waals surface area contributed by atoms with Crippen LogP contribution in [0.1, 0.15) is 35.0 Å². The fourth-order valence-electron chi connectivity index (χ4n) is 4.32. The lowest BCUT2D eigenvalue weighted by atomic mass is 10.0. The maximum Gasteiger partial charge on any atom is 0.227 e. The molecule has 0 unspecified atom stereocenters. The molecule has 1 amide bonds. The Balaban J connectivity index is 1.51. The molecule has 0 saturated carbocycles. The second-order valence-electron chi connectivity index (χ2n) is 8.22. The predicted octanol–water partition coefficient (Wildman–Crippen LogP) is 3.21. The van der Waals surface area contributed by atoms with E-state index in [1.807, 2.05) is 55.9 Å². The highest BCUT2D eigenvalue weighted by Crippen LogP contribution is 2.27. The van der Waals surface area contributed by atoms with Gasteiger partial charge in [-0.25, -0.2) is 8.42 Å². The number of aryl methyl sites for hydroxylation is 1. The van der Waals surface area contributed by atoms with Crippen molar-refractivity contribution in [2.75, 3.05) is 18.6 Å². The molecule has 0 aliphatic carbocycles. The Bertz CT molecular complexity index is 1210. The molecule has 1 saturated heterocycles. The van der Waals surface area contributed by atoms with Crippen molar-refractivity contribution in [1.29, 1.82) is 0 Å². The Labute approximate surface area is 177 Å². The van der Waals surface area contributed by atoms with Crippen molar-refractivity contribution in [2.24, 2.45) is 0 Å². The van der Waals surface area contributed by atoms with E-state index in [-0.39, 0.29) is 23.5 Å². The van der Waals surface area contributed by atoms with Crippen LogP contribution in [-0.4, -0.2) is 47.6 Å². The summed E-state index contributed by atoms with van der Waals surface area (Å²) < 4.78 is 25.6. The van der Waals surface area contributed by atoms with E-state index in [1.165, 1.54) is 0 Å². The molecular formula is C23H27N3O3S. The van der Waals surface area contributed by atoms with Crippen molar-refractivity contribution in [3.8, 4) is 0 Å². The van der Waals surface area contributed by atoms with Crippen LogP contribution < -0.4 is 0 Å². The zero-order valence-electron chi connectivity index (χ0n) is 17.6. The van der Waals surface area contributed by atoms with Crippen LogP contribution in [0.25, 0.3) is 10.8 Å². The van der Waals surface area contributed by atoms with Gasteiger partial charge in [0.2, 0.25) is 5.91 Å². The third kappa shape index (κ3) is 3.99. The van der Waals surface area contributed by atoms with E-state index in [9.17, 15) is 13.2 Å². The van der Waals surface area contributed by atoms with E-state index < -0.39 is 9.84 Å². The van der Waals surface area contributed by atoms with Crippen LogP contribution >= 0.6 is 0 Å². The minimum Gasteiger partial charge on any atom is -0.341 e. The van der Waals surface area contributed by atoms with Crippen molar-refractivity contribution in [2.45, 2.75) is 39.3 Å². The van der Waals surface area contributed by atoms with Gasteiger partial charge in [0.05, 0.1) is 29.7 Å². The highest BCUT2D eigenvalue weighted by molar-refractivity contribution is 7.91. The minimum absolute atomic E-state index is 0.0429. The van der Waals surface area contributed by atoms with Crippen molar-refractivity contribution in [3.63, 3.8) is 0 Å². The summed E-state index contributed by atoms with van der Waals surface area (Å²) in [6.45, 7) is 4.34. The molecule has 3 aromatic rings. The molecule has 0 spiro atoms. The molecule has 0 N–H and O–H groups in total. The number of benzene rings is 2. The van der Waals surface area contributed by atoms with Gasteiger partial charge in [0.15, 0.2) is 9.84 Å². The van der Waals surface area contributed by atoms with E-state index >= 15 is 0 Å². The van der Waals surface area contributed by atoms with Gasteiger partial charge in [0, 0.05) is 24.8 Å². The zero-order chi connectivity index (χ0) is 21.5. The zero-order valence-corrected chi connectivity index (χ0v) is 18.4. The van der Waals surface area contributed by atoms with Gasteiger partial charge in [-0.05, 0) is 36.6 Å². The Morgan fingerprint density at radius 3 is 2.63 bits per heavy atom. The average molecular weight is 426 g/mol. The van der Waals surface area contributed by atoms with Crippen molar-refractivity contribution in [1.82, 2.24) is 14.7 Å². The molecule has 7 heteroatoms. The SMILES string of the molecule is Cc1nn([C@@H]2CCS(=O)(=O)C2)c(C)c1CN(C)C(=O)Cc1cccc2ccccc12. The van der Waals surface area contributed by atoms with E-state index in [2.05, 4.69) is 17.2 Å². The highest BCUT2D eigenvalue weighted by atomic mass is 32.2. The standard InChI is InChI=1S/C23H27N3O3S/c1-16-22(17(2)26(24-16)20-11-12-30(28,29)15-20)14-25(3)23(27)13-19-9-6-8-18-7-4-5-10-21(18)19/h4-10,20H,11-15H2,1-3H3/t20-/m1/s1. The van der Waals surface area contributed by atoms with Gasteiger partial charge in [-0.15, -0.1) is 0 Å². The number of fused-ring (bicyclic) bond motifs is 1. The fourth-order valence-corrected chi connectivity index (χ4v) is 6.01. The third-order valence-corrected chi connectivity index (χ3v) is 7.82. The molecule has 4 rings (SSSR count). The number of nitrogens with zero attached hydrogens (tertiary/aromatic N) is 3. The molecule has 1 aromatic heterocycles. The first-order chi connectivity index (χ1) is 14.2. The molecule has 0 radical (unpaired) electrons. The van der Waals surface area contributed by atoms with E-state index in [1.54, 1.807) is 4.90 Å². The number of amides is 1. The molecule has 1 atom stereocenters. The molecule has 2 heterocycles. The summed E-state index contributed by atoms with van der Waals surface area (Å²) in [4.78, 5) is 14.7. The average Bonchev–Trinajstić information content (AvgIpc) is 3.21. The topological polar surface area (TPSA) is 72.3 Å². The van der Waals surface area contributed by atoms with Crippen molar-refractivity contribution >= 4 is 26.5 Å². The molecule has 30 heavy (non-hydrogen) atoms. The lowest BCUT2D eigenvalue weighted by Crippen LogP contribution is -2.28. The number of rotatable bonds is 5. The van der Waals surface area contributed by atoms with Gasteiger partial charge in [-0.2, -0.15) is 5.10 Å². The molecular weight excluding hydrogens is 398 g/mol. The summed E-state index contributed by atoms with van der Waals surface area (Å²) in [6.07, 6.45) is 0.935. The first-order valence-electron chi connectivity index (χ1n) is 10.2. The smallest absolute Gasteiger partial charge is 0.227 e. The van der Waals surface area contributed by atoms with Gasteiger partial charge in [0.25, 0.3) is 0 Å². The van der Waals surface area contributed by atoms with Gasteiger partial charge < -0.3 is 4.90 Å². The van der Waals surface area contributed by atoms with Gasteiger partial charge in [-0.1, -0.05) is 42.5 Å². The molecule has 1 aliphatic heterocycles. The number of aromatic nitrogens is 2. The van der Waals surface area contributed by atoms with Gasteiger partial charge >= 0.3 is 0 Å². The predicted molar refractivity (Wildman–Crippen MR) is 118 cm³/mol. The Morgan fingerprint density at radius 2 is 1.90 bits per heavy atom. The number of carbonyl (C=O) groups excluding carboxylic acids is 1. The van der Waals surface area contributed by atoms with Crippen LogP contribution in [0.15, 0.2) is 42.5 Å². The minimum atomic E-state index is -2.98. The molecule has 1 fully saturated rings.